The topological polar surface area (TPSA) is 56.7 Å². The van der Waals surface area contributed by atoms with Crippen molar-refractivity contribution < 1.29 is 4.79 Å². The van der Waals surface area contributed by atoms with E-state index in [0.29, 0.717) is 18.4 Å². The summed E-state index contributed by atoms with van der Waals surface area (Å²) in [5, 5.41) is 8.51. The Morgan fingerprint density at radius 2 is 1.90 bits per heavy atom. The minimum absolute atomic E-state index is 0. The molecule has 5 nitrogen and oxygen atoms in total. The zero-order valence-electron chi connectivity index (χ0n) is 17.0. The number of amides is 1. The third-order valence-electron chi connectivity index (χ3n) is 5.21. The minimum Gasteiger partial charge on any atom is -0.356 e. The van der Waals surface area contributed by atoms with Crippen LogP contribution in [0.2, 0.25) is 0 Å². The zero-order chi connectivity index (χ0) is 19.6. The van der Waals surface area contributed by atoms with E-state index in [1.165, 1.54) is 10.4 Å². The molecule has 29 heavy (non-hydrogen) atoms. The number of aliphatic imine (C=N–C) groups is 1. The maximum absolute atomic E-state index is 12.5. The lowest BCUT2D eigenvalue weighted by atomic mass is 9.90. The van der Waals surface area contributed by atoms with Crippen LogP contribution in [-0.4, -0.2) is 50.0 Å². The standard InChI is InChI=1S/C22H30N4OS.HI/c1-23-22(24-12-9-20-8-5-15-28-20)25-17-21(27)26-13-10-19(11-14-26)16-18-6-3-2-4-7-18;/h2-8,15,19H,9-14,16-17H2,1H3,(H2,23,24,25);1H. The largest absolute Gasteiger partial charge is 0.356 e. The van der Waals surface area contributed by atoms with Crippen LogP contribution in [-0.2, 0) is 17.6 Å². The fourth-order valence-corrected chi connectivity index (χ4v) is 4.29. The Morgan fingerprint density at radius 1 is 1.14 bits per heavy atom. The third kappa shape index (κ3) is 7.97. The van der Waals surface area contributed by atoms with Gasteiger partial charge in [-0.1, -0.05) is 36.4 Å². The molecule has 1 amide bonds. The number of rotatable bonds is 7. The van der Waals surface area contributed by atoms with Crippen molar-refractivity contribution in [1.29, 1.82) is 0 Å². The van der Waals surface area contributed by atoms with Crippen LogP contribution in [0.5, 0.6) is 0 Å². The molecule has 2 aromatic rings. The Morgan fingerprint density at radius 3 is 2.55 bits per heavy atom. The van der Waals surface area contributed by atoms with Crippen LogP contribution in [0.4, 0.5) is 0 Å². The van der Waals surface area contributed by atoms with E-state index in [9.17, 15) is 4.79 Å². The van der Waals surface area contributed by atoms with E-state index in [1.54, 1.807) is 18.4 Å². The Balaban J connectivity index is 0.00000300. The summed E-state index contributed by atoms with van der Waals surface area (Å²) in [5.41, 5.74) is 1.39. The lowest BCUT2D eigenvalue weighted by Crippen LogP contribution is -2.47. The number of likely N-dealkylation sites (tertiary alicyclic amines) is 1. The molecule has 3 rings (SSSR count). The average molecular weight is 526 g/mol. The summed E-state index contributed by atoms with van der Waals surface area (Å²) < 4.78 is 0. The lowest BCUT2D eigenvalue weighted by Gasteiger charge is -2.32. The number of hydrogen-bond donors (Lipinski definition) is 2. The molecule has 7 heteroatoms. The van der Waals surface area contributed by atoms with Crippen LogP contribution in [0.15, 0.2) is 52.8 Å². The quantitative estimate of drug-likeness (QED) is 0.330. The summed E-state index contributed by atoms with van der Waals surface area (Å²) in [7, 11) is 1.74. The summed E-state index contributed by atoms with van der Waals surface area (Å²) in [6.45, 7) is 2.80. The number of guanidine groups is 1. The summed E-state index contributed by atoms with van der Waals surface area (Å²) in [5.74, 6) is 1.51. The normalized spacial score (nSPS) is 14.9. The molecule has 2 heterocycles. The molecule has 1 aromatic carbocycles. The fourth-order valence-electron chi connectivity index (χ4n) is 3.58. The van der Waals surface area contributed by atoms with Crippen LogP contribution in [0, 0.1) is 5.92 Å². The van der Waals surface area contributed by atoms with Gasteiger partial charge >= 0.3 is 0 Å². The lowest BCUT2D eigenvalue weighted by molar-refractivity contribution is -0.131. The first kappa shape index (κ1) is 23.7. The van der Waals surface area contributed by atoms with Crippen molar-refractivity contribution in [3.63, 3.8) is 0 Å². The Hall–Kier alpha value is -1.61. The number of nitrogens with zero attached hydrogens (tertiary/aromatic N) is 2. The number of nitrogens with one attached hydrogen (secondary N) is 2. The van der Waals surface area contributed by atoms with Gasteiger partial charge in [0.2, 0.25) is 5.91 Å². The van der Waals surface area contributed by atoms with Crippen molar-refractivity contribution in [2.45, 2.75) is 25.7 Å². The molecule has 1 saturated heterocycles. The molecule has 0 saturated carbocycles. The van der Waals surface area contributed by atoms with Gasteiger partial charge in [-0.3, -0.25) is 9.79 Å². The van der Waals surface area contributed by atoms with Gasteiger partial charge in [-0.25, -0.2) is 0 Å². The van der Waals surface area contributed by atoms with E-state index in [0.717, 1.165) is 45.3 Å². The van der Waals surface area contributed by atoms with Crippen molar-refractivity contribution in [3.8, 4) is 0 Å². The number of carbonyl (C=O) groups excluding carboxylic acids is 1. The minimum atomic E-state index is 0. The van der Waals surface area contributed by atoms with Gasteiger partial charge in [0.15, 0.2) is 5.96 Å². The fraction of sp³-hybridized carbons (Fsp3) is 0.455. The number of halogens is 1. The van der Waals surface area contributed by atoms with Crippen molar-refractivity contribution in [2.75, 3.05) is 33.2 Å². The zero-order valence-corrected chi connectivity index (χ0v) is 20.1. The Kier molecular flexibility index (Phi) is 10.5. The molecule has 0 atom stereocenters. The highest BCUT2D eigenvalue weighted by atomic mass is 127. The average Bonchev–Trinajstić information content (AvgIpc) is 3.25. The first-order chi connectivity index (χ1) is 13.7. The van der Waals surface area contributed by atoms with E-state index in [2.05, 4.69) is 63.5 Å². The first-order valence-electron chi connectivity index (χ1n) is 10.0. The Labute approximate surface area is 195 Å². The molecule has 2 N–H and O–H groups in total. The molecular weight excluding hydrogens is 495 g/mol. The molecule has 0 spiro atoms. The summed E-state index contributed by atoms with van der Waals surface area (Å²) in [6, 6.07) is 14.8. The highest BCUT2D eigenvalue weighted by Crippen LogP contribution is 2.21. The molecule has 0 unspecified atom stereocenters. The van der Waals surface area contributed by atoms with Gasteiger partial charge in [-0.15, -0.1) is 35.3 Å². The maximum Gasteiger partial charge on any atom is 0.241 e. The molecule has 1 aromatic heterocycles. The van der Waals surface area contributed by atoms with Crippen LogP contribution >= 0.6 is 35.3 Å². The van der Waals surface area contributed by atoms with Gasteiger partial charge in [-0.2, -0.15) is 0 Å². The highest BCUT2D eigenvalue weighted by Gasteiger charge is 2.22. The second kappa shape index (κ2) is 12.8. The summed E-state index contributed by atoms with van der Waals surface area (Å²) >= 11 is 1.76. The van der Waals surface area contributed by atoms with E-state index >= 15 is 0 Å². The molecule has 1 aliphatic rings. The highest BCUT2D eigenvalue weighted by molar-refractivity contribution is 14.0. The van der Waals surface area contributed by atoms with Crippen molar-refractivity contribution >= 4 is 47.2 Å². The monoisotopic (exact) mass is 526 g/mol. The van der Waals surface area contributed by atoms with Gasteiger partial charge in [0, 0.05) is 31.6 Å². The summed E-state index contributed by atoms with van der Waals surface area (Å²) in [4.78, 5) is 20.1. The number of carbonyl (C=O) groups is 1. The van der Waals surface area contributed by atoms with E-state index in [4.69, 9.17) is 0 Å². The third-order valence-corrected chi connectivity index (χ3v) is 6.15. The van der Waals surface area contributed by atoms with Crippen LogP contribution in [0.25, 0.3) is 0 Å². The van der Waals surface area contributed by atoms with Crippen LogP contribution < -0.4 is 10.6 Å². The van der Waals surface area contributed by atoms with Gasteiger partial charge in [0.25, 0.3) is 0 Å². The van der Waals surface area contributed by atoms with E-state index in [1.807, 2.05) is 4.90 Å². The molecule has 158 valence electrons. The Bertz CT molecular complexity index is 743. The van der Waals surface area contributed by atoms with Crippen LogP contribution in [0.1, 0.15) is 23.3 Å². The molecular formula is C22H31IN4OS. The predicted octanol–water partition coefficient (Wildman–Crippen LogP) is 3.55. The molecule has 0 radical (unpaired) electrons. The van der Waals surface area contributed by atoms with Crippen molar-refractivity contribution in [2.24, 2.45) is 10.9 Å². The maximum atomic E-state index is 12.5. The van der Waals surface area contributed by atoms with E-state index < -0.39 is 0 Å². The number of thiophene rings is 1. The van der Waals surface area contributed by atoms with Gasteiger partial charge < -0.3 is 15.5 Å². The molecule has 0 aliphatic carbocycles. The molecule has 0 bridgehead atoms. The molecule has 1 fully saturated rings. The van der Waals surface area contributed by atoms with Gasteiger partial charge in [0.1, 0.15) is 0 Å². The van der Waals surface area contributed by atoms with E-state index in [-0.39, 0.29) is 29.9 Å². The second-order valence-electron chi connectivity index (χ2n) is 7.20. The predicted molar refractivity (Wildman–Crippen MR) is 132 cm³/mol. The van der Waals surface area contributed by atoms with Gasteiger partial charge in [-0.05, 0) is 48.6 Å². The van der Waals surface area contributed by atoms with Crippen molar-refractivity contribution in [3.05, 3.63) is 58.3 Å². The second-order valence-corrected chi connectivity index (χ2v) is 8.23. The number of piperidine rings is 1. The smallest absolute Gasteiger partial charge is 0.241 e. The molecule has 1 aliphatic heterocycles. The van der Waals surface area contributed by atoms with Gasteiger partial charge in [0.05, 0.1) is 6.54 Å². The van der Waals surface area contributed by atoms with Crippen molar-refractivity contribution in [1.82, 2.24) is 15.5 Å². The van der Waals surface area contributed by atoms with Crippen LogP contribution in [0.3, 0.4) is 0 Å². The summed E-state index contributed by atoms with van der Waals surface area (Å²) in [6.07, 6.45) is 4.23. The SMILES string of the molecule is CN=C(NCCc1cccs1)NCC(=O)N1CCC(Cc2ccccc2)CC1.I. The first-order valence-corrected chi connectivity index (χ1v) is 10.9. The number of benzene rings is 1. The number of hydrogen-bond acceptors (Lipinski definition) is 3.